The molecule has 6 heteroatoms. The van der Waals surface area contributed by atoms with Crippen LogP contribution in [0.2, 0.25) is 5.02 Å². The molecule has 2 aromatic carbocycles. The van der Waals surface area contributed by atoms with Crippen LogP contribution in [0.1, 0.15) is 18.4 Å². The van der Waals surface area contributed by atoms with Gasteiger partial charge in [0, 0.05) is 31.5 Å². The summed E-state index contributed by atoms with van der Waals surface area (Å²) >= 11 is 13.8. The van der Waals surface area contributed by atoms with Crippen molar-refractivity contribution < 1.29 is 0 Å². The van der Waals surface area contributed by atoms with E-state index in [0.717, 1.165) is 61.3 Å². The van der Waals surface area contributed by atoms with Crippen molar-refractivity contribution in [3.8, 4) is 11.3 Å². The van der Waals surface area contributed by atoms with Gasteiger partial charge in [-0.15, -0.1) is 0 Å². The van der Waals surface area contributed by atoms with E-state index in [2.05, 4.69) is 66.1 Å². The number of aromatic amines is 1. The average molecular weight is 508 g/mol. The summed E-state index contributed by atoms with van der Waals surface area (Å²) < 4.78 is 2.01. The number of hydrogen-bond donors (Lipinski definition) is 2. The summed E-state index contributed by atoms with van der Waals surface area (Å²) in [6.07, 6.45) is 4.79. The van der Waals surface area contributed by atoms with Crippen LogP contribution in [-0.2, 0) is 6.42 Å². The molecule has 0 radical (unpaired) electrons. The number of unbranched alkanes of at least 4 members (excludes halogenated alkanes) is 1. The first-order valence-electron chi connectivity index (χ1n) is 8.83. The number of fused-ring (bicyclic) bond motifs is 2. The van der Waals surface area contributed by atoms with Gasteiger partial charge in [-0.25, -0.2) is 0 Å². The van der Waals surface area contributed by atoms with Crippen LogP contribution < -0.4 is 5.73 Å². The number of benzene rings is 2. The second-order valence-corrected chi connectivity index (χ2v) is 8.71. The number of rotatable bonds is 5. The van der Waals surface area contributed by atoms with Crippen LogP contribution in [-0.4, -0.2) is 16.5 Å². The molecule has 138 valence electrons. The quantitative estimate of drug-likeness (QED) is 0.291. The van der Waals surface area contributed by atoms with E-state index in [1.54, 1.807) is 0 Å². The Morgan fingerprint density at radius 3 is 2.74 bits per heavy atom. The van der Waals surface area contributed by atoms with Gasteiger partial charge in [0.25, 0.3) is 0 Å². The Hall–Kier alpha value is -1.40. The Bertz CT molecular complexity index is 1140. The van der Waals surface area contributed by atoms with Crippen molar-refractivity contribution in [3.05, 3.63) is 62.1 Å². The Kier molecular flexibility index (Phi) is 5.55. The fourth-order valence-electron chi connectivity index (χ4n) is 3.55. The van der Waals surface area contributed by atoms with Crippen LogP contribution in [0.5, 0.6) is 0 Å². The molecule has 3 N–H and O–H groups in total. The predicted molar refractivity (Wildman–Crippen MR) is 121 cm³/mol. The van der Waals surface area contributed by atoms with Crippen LogP contribution >= 0.6 is 43.5 Å². The molecule has 2 heterocycles. The number of nitrogens with zero attached hydrogens (tertiary/aromatic N) is 1. The van der Waals surface area contributed by atoms with Crippen molar-refractivity contribution in [2.24, 2.45) is 5.73 Å². The Morgan fingerprint density at radius 1 is 1.07 bits per heavy atom. The summed E-state index contributed by atoms with van der Waals surface area (Å²) in [4.78, 5) is 8.23. The molecule has 0 unspecified atom stereocenters. The minimum absolute atomic E-state index is 0.699. The molecular weight excluding hydrogens is 490 g/mol. The molecule has 0 aliphatic rings. The third-order valence-corrected chi connectivity index (χ3v) is 6.25. The number of hydrogen-bond acceptors (Lipinski definition) is 2. The van der Waals surface area contributed by atoms with Gasteiger partial charge in [-0.05, 0) is 61.7 Å². The zero-order valence-corrected chi connectivity index (χ0v) is 18.5. The van der Waals surface area contributed by atoms with Gasteiger partial charge < -0.3 is 10.7 Å². The first-order valence-corrected chi connectivity index (χ1v) is 10.8. The summed E-state index contributed by atoms with van der Waals surface area (Å²) in [5.74, 6) is 0. The number of H-pyrrole nitrogens is 1. The third kappa shape index (κ3) is 3.54. The summed E-state index contributed by atoms with van der Waals surface area (Å²) in [6.45, 7) is 0.699. The number of nitrogens with two attached hydrogens (primary N) is 1. The normalized spacial score (nSPS) is 11.6. The van der Waals surface area contributed by atoms with Crippen molar-refractivity contribution >= 4 is 65.3 Å². The Balaban J connectivity index is 2.00. The van der Waals surface area contributed by atoms with Gasteiger partial charge in [0.1, 0.15) is 0 Å². The monoisotopic (exact) mass is 505 g/mol. The lowest BCUT2D eigenvalue weighted by Gasteiger charge is -2.09. The van der Waals surface area contributed by atoms with Crippen molar-refractivity contribution in [3.63, 3.8) is 0 Å². The van der Waals surface area contributed by atoms with Crippen molar-refractivity contribution in [2.75, 3.05) is 6.54 Å². The van der Waals surface area contributed by atoms with Gasteiger partial charge in [-0.1, -0.05) is 49.5 Å². The topological polar surface area (TPSA) is 54.7 Å². The predicted octanol–water partition coefficient (Wildman–Crippen LogP) is 6.84. The zero-order valence-electron chi connectivity index (χ0n) is 14.5. The number of halogens is 3. The summed E-state index contributed by atoms with van der Waals surface area (Å²) in [7, 11) is 0. The maximum absolute atomic E-state index is 6.54. The molecule has 0 aliphatic carbocycles. The van der Waals surface area contributed by atoms with Gasteiger partial charge in [-0.2, -0.15) is 0 Å². The largest absolute Gasteiger partial charge is 0.353 e. The summed E-state index contributed by atoms with van der Waals surface area (Å²) in [5.41, 5.74) is 11.1. The summed E-state index contributed by atoms with van der Waals surface area (Å²) in [6, 6.07) is 12.3. The van der Waals surface area contributed by atoms with Crippen LogP contribution in [0.15, 0.2) is 51.5 Å². The second-order valence-electron chi connectivity index (χ2n) is 6.53. The van der Waals surface area contributed by atoms with E-state index in [1.165, 1.54) is 5.56 Å². The lowest BCUT2D eigenvalue weighted by molar-refractivity contribution is 0.748. The van der Waals surface area contributed by atoms with Crippen molar-refractivity contribution in [1.29, 1.82) is 0 Å². The molecule has 4 rings (SSSR count). The van der Waals surface area contributed by atoms with Crippen molar-refractivity contribution in [2.45, 2.75) is 19.3 Å². The highest BCUT2D eigenvalue weighted by Crippen LogP contribution is 2.39. The number of aromatic nitrogens is 2. The molecule has 0 amide bonds. The van der Waals surface area contributed by atoms with Gasteiger partial charge in [0.15, 0.2) is 0 Å². The van der Waals surface area contributed by atoms with E-state index in [-0.39, 0.29) is 0 Å². The average Bonchev–Trinajstić information content (AvgIpc) is 3.01. The standard InChI is InChI=1S/C21H18Br2ClN3/c22-12-10-16-13(4-1-2-8-25)20(27-21(16)18(24)11-12)15-6-7-17(23)14-5-3-9-26-19(14)15/h3,5-7,9-11,27H,1-2,4,8,25H2. The highest BCUT2D eigenvalue weighted by molar-refractivity contribution is 9.11. The number of pyridine rings is 1. The van der Waals surface area contributed by atoms with Gasteiger partial charge in [0.05, 0.1) is 21.7 Å². The molecule has 4 aromatic rings. The van der Waals surface area contributed by atoms with E-state index in [0.29, 0.717) is 11.6 Å². The van der Waals surface area contributed by atoms with E-state index in [9.17, 15) is 0 Å². The molecule has 0 atom stereocenters. The SMILES string of the molecule is NCCCCc1c(-c2ccc(Br)c3cccnc23)[nH]c2c(Cl)cc(Br)cc12. The van der Waals surface area contributed by atoms with E-state index in [1.807, 2.05) is 18.3 Å². The van der Waals surface area contributed by atoms with Gasteiger partial charge >= 0.3 is 0 Å². The van der Waals surface area contributed by atoms with Crippen LogP contribution in [0.3, 0.4) is 0 Å². The molecule has 0 saturated heterocycles. The minimum Gasteiger partial charge on any atom is -0.353 e. The maximum Gasteiger partial charge on any atom is 0.0806 e. The number of aryl methyl sites for hydroxylation is 1. The highest BCUT2D eigenvalue weighted by Gasteiger charge is 2.18. The second kappa shape index (κ2) is 7.92. The lowest BCUT2D eigenvalue weighted by atomic mass is 9.98. The molecule has 0 saturated carbocycles. The van der Waals surface area contributed by atoms with Gasteiger partial charge in [-0.3, -0.25) is 4.98 Å². The molecule has 0 aliphatic heterocycles. The molecule has 0 bridgehead atoms. The van der Waals surface area contributed by atoms with Crippen LogP contribution in [0.4, 0.5) is 0 Å². The minimum atomic E-state index is 0.699. The van der Waals surface area contributed by atoms with E-state index >= 15 is 0 Å². The molecular formula is C21H18Br2ClN3. The molecule has 27 heavy (non-hydrogen) atoms. The number of nitrogens with one attached hydrogen (secondary N) is 1. The van der Waals surface area contributed by atoms with E-state index in [4.69, 9.17) is 17.3 Å². The molecule has 0 fully saturated rings. The van der Waals surface area contributed by atoms with Crippen LogP contribution in [0.25, 0.3) is 33.1 Å². The first kappa shape index (κ1) is 18.9. The Labute approximate surface area is 179 Å². The zero-order chi connectivity index (χ0) is 19.0. The molecule has 0 spiro atoms. The highest BCUT2D eigenvalue weighted by atomic mass is 79.9. The fraction of sp³-hybridized carbons (Fsp3) is 0.190. The van der Waals surface area contributed by atoms with Gasteiger partial charge in [0.2, 0.25) is 0 Å². The van der Waals surface area contributed by atoms with Crippen molar-refractivity contribution in [1.82, 2.24) is 9.97 Å². The molecule has 3 nitrogen and oxygen atoms in total. The first-order chi connectivity index (χ1) is 13.1. The summed E-state index contributed by atoms with van der Waals surface area (Å²) in [5, 5.41) is 2.95. The maximum atomic E-state index is 6.54. The van der Waals surface area contributed by atoms with Crippen LogP contribution in [0, 0.1) is 0 Å². The van der Waals surface area contributed by atoms with E-state index < -0.39 is 0 Å². The molecule has 2 aromatic heterocycles. The Morgan fingerprint density at radius 2 is 1.93 bits per heavy atom. The lowest BCUT2D eigenvalue weighted by Crippen LogP contribution is -1.99. The third-order valence-electron chi connectivity index (χ3n) is 4.80. The smallest absolute Gasteiger partial charge is 0.0806 e. The fourth-order valence-corrected chi connectivity index (χ4v) is 4.86.